The first kappa shape index (κ1) is 29.4. The Labute approximate surface area is 237 Å². The molecule has 3 heterocycles. The van der Waals surface area contributed by atoms with Crippen molar-refractivity contribution in [3.05, 3.63) is 87.6 Å². The van der Waals surface area contributed by atoms with Gasteiger partial charge in [-0.3, -0.25) is 4.98 Å². The number of rotatable bonds is 3. The van der Waals surface area contributed by atoms with Crippen molar-refractivity contribution in [2.45, 2.75) is 65.0 Å². The minimum Gasteiger partial charge on any atom is -0.444 e. The molecule has 8 nitrogen and oxygen atoms in total. The van der Waals surface area contributed by atoms with E-state index >= 15 is 0 Å². The Hall–Kier alpha value is -3.16. The predicted octanol–water partition coefficient (Wildman–Crippen LogP) is 6.47. The number of benzene rings is 1. The van der Waals surface area contributed by atoms with Crippen LogP contribution in [0.15, 0.2) is 54.2 Å². The number of piperidine rings is 1. The van der Waals surface area contributed by atoms with E-state index < -0.39 is 6.04 Å². The molecule has 1 atom stereocenters. The summed E-state index contributed by atoms with van der Waals surface area (Å²) in [5, 5.41) is 3.39. The van der Waals surface area contributed by atoms with Gasteiger partial charge in [-0.15, -0.1) is 4.91 Å². The van der Waals surface area contributed by atoms with Crippen LogP contribution in [0.5, 0.6) is 0 Å². The van der Waals surface area contributed by atoms with Crippen molar-refractivity contribution < 1.29 is 29.6 Å². The number of nitroso groups, excluding NO2 is 1. The number of ether oxygens (including phenoxy) is 1. The van der Waals surface area contributed by atoms with Crippen LogP contribution in [0.1, 0.15) is 79.7 Å². The van der Waals surface area contributed by atoms with Gasteiger partial charge in [0, 0.05) is 45.8 Å². The molecule has 5 rings (SSSR count). The topological polar surface area (TPSA) is 101 Å². The van der Waals surface area contributed by atoms with Crippen LogP contribution in [-0.2, 0) is 31.3 Å². The number of carbonyl (C=O) groups is 1. The van der Waals surface area contributed by atoms with Gasteiger partial charge in [0.15, 0.2) is 6.04 Å². The molecule has 1 aliphatic carbocycles. The molecule has 1 radical (unpaired) electrons. The van der Waals surface area contributed by atoms with Crippen LogP contribution in [-0.4, -0.2) is 44.6 Å². The molecule has 1 saturated heterocycles. The number of hydrogen-bond donors (Lipinski definition) is 1. The zero-order chi connectivity index (χ0) is 26.4. The van der Waals surface area contributed by atoms with E-state index in [2.05, 4.69) is 38.3 Å². The molecule has 3 aromatic rings. The van der Waals surface area contributed by atoms with Crippen molar-refractivity contribution in [1.82, 2.24) is 19.9 Å². The van der Waals surface area contributed by atoms with E-state index in [-0.39, 0.29) is 31.8 Å². The van der Waals surface area contributed by atoms with Gasteiger partial charge in [0.2, 0.25) is 0 Å². The number of nitrogens with one attached hydrogen (secondary N) is 1. The molecule has 0 saturated carbocycles. The molecule has 1 unspecified atom stereocenters. The zero-order valence-electron chi connectivity index (χ0n) is 22.4. The quantitative estimate of drug-likeness (QED) is 0.317. The summed E-state index contributed by atoms with van der Waals surface area (Å²) in [7, 11) is 0. The van der Waals surface area contributed by atoms with Gasteiger partial charge in [-0.05, 0) is 81.4 Å². The third-order valence-corrected chi connectivity index (χ3v) is 6.39. The maximum Gasteiger partial charge on any atom is 0.410 e. The van der Waals surface area contributed by atoms with Crippen molar-refractivity contribution in [3.8, 4) is 0 Å². The molecule has 9 heteroatoms. The fourth-order valence-electron chi connectivity index (χ4n) is 4.59. The maximum atomic E-state index is 11.7. The maximum absolute atomic E-state index is 11.7. The molecule has 0 bridgehead atoms. The molecule has 203 valence electrons. The summed E-state index contributed by atoms with van der Waals surface area (Å²) in [5.74, 6) is 0. The number of pyridine rings is 1. The average molecular weight is 694 g/mol. The zero-order valence-corrected chi connectivity index (χ0v) is 24.8. The van der Waals surface area contributed by atoms with Crippen LogP contribution < -0.4 is 0 Å². The summed E-state index contributed by atoms with van der Waals surface area (Å²) in [6, 6.07) is 9.62. The number of carbonyl (C=O) groups excluding carboxylic acids is 1. The first-order valence-corrected chi connectivity index (χ1v) is 12.8. The normalized spacial score (nSPS) is 15.3. The van der Waals surface area contributed by atoms with Crippen molar-refractivity contribution in [3.63, 3.8) is 0 Å². The van der Waals surface area contributed by atoms with Crippen molar-refractivity contribution in [2.24, 2.45) is 5.18 Å². The van der Waals surface area contributed by atoms with Gasteiger partial charge in [-0.25, -0.2) is 9.78 Å². The van der Waals surface area contributed by atoms with Gasteiger partial charge in [-0.1, -0.05) is 35.0 Å². The van der Waals surface area contributed by atoms with Crippen LogP contribution in [0.2, 0.25) is 0 Å². The number of aromatic nitrogens is 3. The Kier molecular flexibility index (Phi) is 10.1. The Morgan fingerprint density at radius 1 is 1.16 bits per heavy atom. The first-order valence-electron chi connectivity index (χ1n) is 12.8. The minimum atomic E-state index is -0.626. The van der Waals surface area contributed by atoms with Crippen molar-refractivity contribution in [2.75, 3.05) is 13.1 Å². The molecule has 2 aliphatic rings. The summed E-state index contributed by atoms with van der Waals surface area (Å²) in [4.78, 5) is 36.5. The Bertz CT molecular complexity index is 1260. The Morgan fingerprint density at radius 2 is 1.92 bits per heavy atom. The number of likely N-dealkylation sites (tertiary alicyclic amines) is 1. The number of nitrogens with zero attached hydrogens (tertiary/aromatic N) is 4. The predicted molar refractivity (Wildman–Crippen MR) is 145 cm³/mol. The molecule has 1 aliphatic heterocycles. The van der Waals surface area contributed by atoms with E-state index in [0.717, 1.165) is 65.9 Å². The largest absolute Gasteiger partial charge is 0.444 e. The van der Waals surface area contributed by atoms with Crippen LogP contribution in [0.3, 0.4) is 0 Å². The molecular weight excluding hydrogens is 659 g/mol. The molecule has 1 aromatic carbocycles. The summed E-state index contributed by atoms with van der Waals surface area (Å²) >= 11 is 0. The van der Waals surface area contributed by atoms with Gasteiger partial charge in [0.05, 0.1) is 23.9 Å². The first-order chi connectivity index (χ1) is 17.7. The van der Waals surface area contributed by atoms with Gasteiger partial charge in [-0.2, -0.15) is 0 Å². The fourth-order valence-corrected chi connectivity index (χ4v) is 4.59. The van der Waals surface area contributed by atoms with Gasteiger partial charge in [0.1, 0.15) is 5.60 Å². The van der Waals surface area contributed by atoms with E-state index in [1.165, 1.54) is 6.42 Å². The summed E-state index contributed by atoms with van der Waals surface area (Å²) < 4.78 is 5.26. The molecule has 1 fully saturated rings. The molecule has 2 aromatic heterocycles. The van der Waals surface area contributed by atoms with E-state index in [1.54, 1.807) is 23.6 Å². The van der Waals surface area contributed by atoms with Crippen molar-refractivity contribution >= 4 is 17.7 Å². The molecule has 1 amide bonds. The van der Waals surface area contributed by atoms with Crippen molar-refractivity contribution in [1.29, 1.82) is 0 Å². The van der Waals surface area contributed by atoms with E-state index in [4.69, 9.17) is 4.74 Å². The Morgan fingerprint density at radius 3 is 2.58 bits per heavy atom. The number of aryl methyl sites for hydroxylation is 1. The van der Waals surface area contributed by atoms with Crippen LogP contribution in [0, 0.1) is 11.8 Å². The third kappa shape index (κ3) is 7.45. The number of amides is 1. The fraction of sp³-hybridized carbons (Fsp3) is 0.414. The molecule has 1 N–H and O–H groups in total. The summed E-state index contributed by atoms with van der Waals surface area (Å²) in [6.45, 7) is 9.45. The number of imidazole rings is 1. The van der Waals surface area contributed by atoms with Gasteiger partial charge >= 0.3 is 6.09 Å². The summed E-state index contributed by atoms with van der Waals surface area (Å²) in [6.07, 6.45) is 11.1. The Balaban J connectivity index is 0.000000245. The minimum absolute atomic E-state index is 0. The number of hydrogen-bond acceptors (Lipinski definition) is 6. The standard InChI is InChI=1S/C19H16N4O.C10H19NO2.Ir/c1-12-4-5-13-9-17-14(3-2-6-21-17)8-16(15(13)7-12)19(23-24)18-10-20-11-22-18;1-10(2,3)13-9(12)11-7-5-4-6-8-11;/h2-8,10-11,19H,9H2,1H3,(H,20,22);4-8H2,1-3H3;. The number of fused-ring (bicyclic) bond motifs is 2. The van der Waals surface area contributed by atoms with Crippen LogP contribution in [0.4, 0.5) is 4.79 Å². The second-order valence-electron chi connectivity index (χ2n) is 10.5. The van der Waals surface area contributed by atoms with E-state index in [0.29, 0.717) is 5.69 Å². The monoisotopic (exact) mass is 694 g/mol. The third-order valence-electron chi connectivity index (χ3n) is 6.39. The number of aromatic amines is 1. The molecular formula is C29H35IrN5O3. The molecule has 0 spiro atoms. The second kappa shape index (κ2) is 13.1. The van der Waals surface area contributed by atoms with E-state index in [1.807, 2.05) is 45.9 Å². The SMILES string of the molecule is CC(C)(C)OC(=O)N1CCCCC1.Cc1ccc2c(c1)C(C(N=O)c1cnc[nH]1)=Cc1cccnc1C2.[Ir]. The second-order valence-corrected chi connectivity index (χ2v) is 10.5. The van der Waals surface area contributed by atoms with Crippen LogP contribution in [0.25, 0.3) is 11.6 Å². The smallest absolute Gasteiger partial charge is 0.410 e. The van der Waals surface area contributed by atoms with Gasteiger partial charge in [0.25, 0.3) is 0 Å². The number of H-pyrrole nitrogens is 1. The van der Waals surface area contributed by atoms with Gasteiger partial charge < -0.3 is 14.6 Å². The van der Waals surface area contributed by atoms with Crippen LogP contribution >= 0.6 is 0 Å². The summed E-state index contributed by atoms with van der Waals surface area (Å²) in [5.41, 5.74) is 6.57. The average Bonchev–Trinajstić information content (AvgIpc) is 3.35. The molecule has 38 heavy (non-hydrogen) atoms. The van der Waals surface area contributed by atoms with E-state index in [9.17, 15) is 9.70 Å².